The highest BCUT2D eigenvalue weighted by Gasteiger charge is 2.33. The lowest BCUT2D eigenvalue weighted by Gasteiger charge is -2.36. The van der Waals surface area contributed by atoms with Crippen LogP contribution in [0.2, 0.25) is 0 Å². The smallest absolute Gasteiger partial charge is 0.410 e. The first-order chi connectivity index (χ1) is 23.7. The standard InChI is InChI=1S/C34H44F2N8O5S/c1-34(2,3)49-33(46)43-10-5-6-24(20-43)37-30-19-25(42-14-12-41(4)13-15-42)7-8-27(30)32(45)38-31-28-21-44(11-9-29(28)39-40-31)50(47,48)26-17-22(35)16-23(36)18-26/h7-8,16-19,24,37H,5-6,9-15,20-21H2,1-4H3,(H2,38,39,40,45). The Kier molecular flexibility index (Phi) is 10.1. The number of carbonyl (C=O) groups is 2. The third kappa shape index (κ3) is 8.02. The molecule has 1 atom stereocenters. The molecule has 0 saturated carbocycles. The summed E-state index contributed by atoms with van der Waals surface area (Å²) in [5.41, 5.74) is 2.41. The molecule has 3 aliphatic heterocycles. The lowest BCUT2D eigenvalue weighted by atomic mass is 10.0. The quantitative estimate of drug-likeness (QED) is 0.328. The van der Waals surface area contributed by atoms with Gasteiger partial charge in [-0.3, -0.25) is 9.89 Å². The van der Waals surface area contributed by atoms with Gasteiger partial charge in [-0.2, -0.15) is 9.40 Å². The summed E-state index contributed by atoms with van der Waals surface area (Å²) in [4.78, 5) is 32.6. The molecule has 2 amide bonds. The number of ether oxygens (including phenoxy) is 1. The molecule has 13 nitrogen and oxygen atoms in total. The molecule has 4 heterocycles. The van der Waals surface area contributed by atoms with Gasteiger partial charge < -0.3 is 30.1 Å². The van der Waals surface area contributed by atoms with Crippen LogP contribution in [0.25, 0.3) is 0 Å². The number of likely N-dealkylation sites (tertiary alicyclic amines) is 1. The highest BCUT2D eigenvalue weighted by molar-refractivity contribution is 7.89. The minimum Gasteiger partial charge on any atom is -0.444 e. The highest BCUT2D eigenvalue weighted by Crippen LogP contribution is 2.31. The van der Waals surface area contributed by atoms with Crippen LogP contribution in [-0.4, -0.2) is 109 Å². The fourth-order valence-corrected chi connectivity index (χ4v) is 7.95. The van der Waals surface area contributed by atoms with Gasteiger partial charge in [-0.1, -0.05) is 0 Å². The molecule has 1 unspecified atom stereocenters. The van der Waals surface area contributed by atoms with Crippen molar-refractivity contribution >= 4 is 39.2 Å². The number of piperidine rings is 1. The van der Waals surface area contributed by atoms with E-state index in [9.17, 15) is 26.8 Å². The van der Waals surface area contributed by atoms with Crippen molar-refractivity contribution in [3.05, 3.63) is 64.9 Å². The van der Waals surface area contributed by atoms with E-state index in [0.29, 0.717) is 41.7 Å². The summed E-state index contributed by atoms with van der Waals surface area (Å²) >= 11 is 0. The number of aromatic nitrogens is 2. The fraction of sp³-hybridized carbons (Fsp3) is 0.500. The number of anilines is 3. The number of hydrogen-bond acceptors (Lipinski definition) is 9. The molecule has 16 heteroatoms. The van der Waals surface area contributed by atoms with Crippen LogP contribution in [0, 0.1) is 11.6 Å². The SMILES string of the molecule is CN1CCN(c2ccc(C(=O)Nc3n[nH]c4c3CN(S(=O)(=O)c3cc(F)cc(F)c3)CC4)c(NC3CCCN(C(=O)OC(C)(C)C)C3)c2)CC1. The molecule has 2 saturated heterocycles. The number of nitrogens with zero attached hydrogens (tertiary/aromatic N) is 5. The van der Waals surface area contributed by atoms with Gasteiger partial charge in [0.25, 0.3) is 5.91 Å². The first kappa shape index (κ1) is 35.5. The number of likely N-dealkylation sites (N-methyl/N-ethyl adjacent to an activating group) is 1. The number of carbonyl (C=O) groups excluding carboxylic acids is 2. The number of rotatable bonds is 7. The Balaban J connectivity index is 1.23. The molecule has 3 aliphatic rings. The zero-order valence-corrected chi connectivity index (χ0v) is 29.6. The van der Waals surface area contributed by atoms with Crippen LogP contribution < -0.4 is 15.5 Å². The number of hydrogen-bond donors (Lipinski definition) is 3. The summed E-state index contributed by atoms with van der Waals surface area (Å²) in [7, 11) is -2.16. The van der Waals surface area contributed by atoms with Gasteiger partial charge in [-0.05, 0) is 71.0 Å². The van der Waals surface area contributed by atoms with E-state index in [-0.39, 0.29) is 37.5 Å². The lowest BCUT2D eigenvalue weighted by molar-refractivity contribution is 0.0206. The fourth-order valence-electron chi connectivity index (χ4n) is 6.50. The van der Waals surface area contributed by atoms with E-state index >= 15 is 0 Å². The molecule has 6 rings (SSSR count). The van der Waals surface area contributed by atoms with Crippen molar-refractivity contribution in [1.82, 2.24) is 24.3 Å². The van der Waals surface area contributed by atoms with Gasteiger partial charge in [0.15, 0.2) is 5.82 Å². The van der Waals surface area contributed by atoms with Crippen molar-refractivity contribution < 1.29 is 31.5 Å². The molecule has 2 fully saturated rings. The van der Waals surface area contributed by atoms with Gasteiger partial charge in [0.2, 0.25) is 10.0 Å². The zero-order valence-electron chi connectivity index (χ0n) is 28.8. The molecule has 3 aromatic rings. The molecular weight excluding hydrogens is 670 g/mol. The Morgan fingerprint density at radius 1 is 1.00 bits per heavy atom. The number of H-pyrrole nitrogens is 1. The van der Waals surface area contributed by atoms with Crippen LogP contribution in [0.3, 0.4) is 0 Å². The summed E-state index contributed by atoms with van der Waals surface area (Å²) in [6.07, 6.45) is 1.43. The predicted octanol–water partition coefficient (Wildman–Crippen LogP) is 4.25. The first-order valence-corrected chi connectivity index (χ1v) is 18.3. The Hall–Kier alpha value is -4.28. The van der Waals surface area contributed by atoms with E-state index in [2.05, 4.69) is 37.7 Å². The topological polar surface area (TPSA) is 143 Å². The maximum atomic E-state index is 14.0. The monoisotopic (exact) mass is 714 g/mol. The molecule has 0 spiro atoms. The third-order valence-corrected chi connectivity index (χ3v) is 11.0. The predicted molar refractivity (Wildman–Crippen MR) is 185 cm³/mol. The first-order valence-electron chi connectivity index (χ1n) is 16.8. The molecule has 1 aromatic heterocycles. The van der Waals surface area contributed by atoms with Crippen molar-refractivity contribution in [3.63, 3.8) is 0 Å². The number of sulfonamides is 1. The summed E-state index contributed by atoms with van der Waals surface area (Å²) in [6, 6.07) is 7.66. The Morgan fingerprint density at radius 3 is 2.42 bits per heavy atom. The molecule has 270 valence electrons. The van der Waals surface area contributed by atoms with E-state index in [1.807, 2.05) is 32.9 Å². The average molecular weight is 715 g/mol. The number of nitrogens with one attached hydrogen (secondary N) is 3. The molecule has 2 aromatic carbocycles. The summed E-state index contributed by atoms with van der Waals surface area (Å²) < 4.78 is 61.2. The van der Waals surface area contributed by atoms with Gasteiger partial charge in [0.05, 0.1) is 10.5 Å². The van der Waals surface area contributed by atoms with Gasteiger partial charge in [-0.15, -0.1) is 0 Å². The average Bonchev–Trinajstić information content (AvgIpc) is 3.45. The minimum absolute atomic E-state index is 0.0621. The van der Waals surface area contributed by atoms with Crippen LogP contribution in [0.5, 0.6) is 0 Å². The van der Waals surface area contributed by atoms with Gasteiger partial charge in [0.1, 0.15) is 17.2 Å². The third-order valence-electron chi connectivity index (χ3n) is 9.15. The van der Waals surface area contributed by atoms with E-state index in [1.165, 1.54) is 0 Å². The zero-order chi connectivity index (χ0) is 35.8. The molecule has 0 aliphatic carbocycles. The van der Waals surface area contributed by atoms with Crippen molar-refractivity contribution in [3.8, 4) is 0 Å². The van der Waals surface area contributed by atoms with Crippen LogP contribution in [0.1, 0.15) is 55.2 Å². The van der Waals surface area contributed by atoms with Gasteiger partial charge >= 0.3 is 6.09 Å². The van der Waals surface area contributed by atoms with Crippen LogP contribution in [0.4, 0.5) is 30.8 Å². The number of aromatic amines is 1. The maximum Gasteiger partial charge on any atom is 0.410 e. The van der Waals surface area contributed by atoms with Crippen molar-refractivity contribution in [1.29, 1.82) is 0 Å². The second-order valence-corrected chi connectivity index (χ2v) is 16.0. The lowest BCUT2D eigenvalue weighted by Crippen LogP contribution is -2.47. The number of halogens is 2. The van der Waals surface area contributed by atoms with Crippen molar-refractivity contribution in [2.45, 2.75) is 63.1 Å². The number of fused-ring (bicyclic) bond motifs is 1. The number of piperazine rings is 1. The molecule has 0 bridgehead atoms. The Labute approximate surface area is 291 Å². The molecule has 3 N–H and O–H groups in total. The molecule has 50 heavy (non-hydrogen) atoms. The number of benzene rings is 2. The van der Waals surface area contributed by atoms with E-state index in [1.54, 1.807) is 11.0 Å². The largest absolute Gasteiger partial charge is 0.444 e. The highest BCUT2D eigenvalue weighted by atomic mass is 32.2. The second kappa shape index (κ2) is 14.2. The summed E-state index contributed by atoms with van der Waals surface area (Å²) in [5, 5.41) is 13.6. The van der Waals surface area contributed by atoms with Gasteiger partial charge in [0, 0.05) is 93.5 Å². The van der Waals surface area contributed by atoms with Crippen LogP contribution >= 0.6 is 0 Å². The molecule has 0 radical (unpaired) electrons. The van der Waals surface area contributed by atoms with Crippen LogP contribution in [-0.2, 0) is 27.7 Å². The number of amides is 2. The van der Waals surface area contributed by atoms with E-state index in [0.717, 1.165) is 61.1 Å². The Bertz CT molecular complexity index is 1840. The van der Waals surface area contributed by atoms with E-state index in [4.69, 9.17) is 4.74 Å². The molecular formula is C34H44F2N8O5S. The Morgan fingerprint density at radius 2 is 1.72 bits per heavy atom. The summed E-state index contributed by atoms with van der Waals surface area (Å²) in [5.74, 6) is -2.28. The van der Waals surface area contributed by atoms with Gasteiger partial charge in [-0.25, -0.2) is 22.0 Å². The van der Waals surface area contributed by atoms with Crippen molar-refractivity contribution in [2.75, 3.05) is 68.4 Å². The minimum atomic E-state index is -4.24. The second-order valence-electron chi connectivity index (χ2n) is 14.1. The normalized spacial score (nSPS) is 19.2. The summed E-state index contributed by atoms with van der Waals surface area (Å²) in [6.45, 7) is 9.86. The van der Waals surface area contributed by atoms with Crippen LogP contribution in [0.15, 0.2) is 41.3 Å². The van der Waals surface area contributed by atoms with E-state index < -0.39 is 38.1 Å². The maximum absolute atomic E-state index is 14.0. The van der Waals surface area contributed by atoms with Crippen molar-refractivity contribution in [2.24, 2.45) is 0 Å².